The molecule has 0 saturated heterocycles. The Balaban J connectivity index is 1.64. The number of hydrogen-bond acceptors (Lipinski definition) is 4. The van der Waals surface area contributed by atoms with Gasteiger partial charge in [-0.05, 0) is 42.5 Å². The van der Waals surface area contributed by atoms with E-state index in [9.17, 15) is 5.21 Å². The van der Waals surface area contributed by atoms with Gasteiger partial charge in [0.25, 0.3) is 5.89 Å². The van der Waals surface area contributed by atoms with E-state index in [1.807, 2.05) is 24.3 Å². The third kappa shape index (κ3) is 2.52. The van der Waals surface area contributed by atoms with Crippen molar-refractivity contribution in [1.29, 1.82) is 5.26 Å². The Kier molecular flexibility index (Phi) is 3.51. The van der Waals surface area contributed by atoms with Crippen molar-refractivity contribution in [1.82, 2.24) is 4.98 Å². The van der Waals surface area contributed by atoms with Crippen LogP contribution in [-0.4, -0.2) is 10.2 Å². The van der Waals surface area contributed by atoms with Crippen molar-refractivity contribution in [3.8, 4) is 17.7 Å². The lowest BCUT2D eigenvalue weighted by molar-refractivity contribution is -0.896. The van der Waals surface area contributed by atoms with Crippen molar-refractivity contribution >= 4 is 0 Å². The van der Waals surface area contributed by atoms with Gasteiger partial charge in [-0.3, -0.25) is 5.21 Å². The average Bonchev–Trinajstić information content (AvgIpc) is 3.05. The van der Waals surface area contributed by atoms with Crippen LogP contribution in [0, 0.1) is 11.3 Å². The molecule has 24 heavy (non-hydrogen) atoms. The third-order valence-corrected chi connectivity index (χ3v) is 4.49. The van der Waals surface area contributed by atoms with Crippen LogP contribution in [0.2, 0.25) is 0 Å². The highest BCUT2D eigenvalue weighted by atomic mass is 16.5. The summed E-state index contributed by atoms with van der Waals surface area (Å²) in [5.74, 6) is 1.63. The van der Waals surface area contributed by atoms with Gasteiger partial charge in [0.2, 0.25) is 6.20 Å². The van der Waals surface area contributed by atoms with Crippen molar-refractivity contribution in [2.75, 3.05) is 0 Å². The molecular formula is C19H16N3O2+. The maximum Gasteiger partial charge on any atom is 0.319 e. The summed E-state index contributed by atoms with van der Waals surface area (Å²) in [5, 5.41) is 19.0. The number of aryl methyl sites for hydroxylation is 1. The molecule has 0 saturated carbocycles. The van der Waals surface area contributed by atoms with Crippen molar-refractivity contribution in [2.45, 2.75) is 25.2 Å². The lowest BCUT2D eigenvalue weighted by Crippen LogP contribution is -2.31. The maximum atomic E-state index is 9.90. The Bertz CT molecular complexity index is 940. The fraction of sp³-hybridized carbons (Fsp3) is 0.211. The van der Waals surface area contributed by atoms with Crippen LogP contribution in [0.5, 0.6) is 0 Å². The fourth-order valence-corrected chi connectivity index (χ4v) is 3.24. The molecule has 0 radical (unpaired) electrons. The van der Waals surface area contributed by atoms with Crippen LogP contribution in [-0.2, 0) is 12.8 Å². The predicted octanol–water partition coefficient (Wildman–Crippen LogP) is 3.01. The van der Waals surface area contributed by atoms with E-state index in [1.165, 1.54) is 0 Å². The molecule has 1 aromatic carbocycles. The maximum absolute atomic E-state index is 9.90. The number of pyridine rings is 1. The Morgan fingerprint density at radius 3 is 3.00 bits per heavy atom. The van der Waals surface area contributed by atoms with E-state index >= 15 is 0 Å². The van der Waals surface area contributed by atoms with Crippen molar-refractivity contribution in [3.05, 3.63) is 71.2 Å². The Hall–Kier alpha value is -3.13. The molecule has 0 spiro atoms. The van der Waals surface area contributed by atoms with Crippen LogP contribution < -0.4 is 4.73 Å². The molecule has 118 valence electrons. The fourth-order valence-electron chi connectivity index (χ4n) is 3.24. The normalized spacial score (nSPS) is 16.4. The molecule has 1 atom stereocenters. The molecule has 0 bridgehead atoms. The predicted molar refractivity (Wildman–Crippen MR) is 85.2 cm³/mol. The zero-order chi connectivity index (χ0) is 16.5. The lowest BCUT2D eigenvalue weighted by atomic mass is 9.84. The summed E-state index contributed by atoms with van der Waals surface area (Å²) < 4.78 is 6.94. The van der Waals surface area contributed by atoms with Crippen LogP contribution >= 0.6 is 0 Å². The first-order valence-corrected chi connectivity index (χ1v) is 7.93. The molecule has 3 aromatic rings. The van der Waals surface area contributed by atoms with Crippen molar-refractivity contribution in [3.63, 3.8) is 0 Å². The second kappa shape index (κ2) is 5.82. The lowest BCUT2D eigenvalue weighted by Gasteiger charge is -2.20. The molecule has 1 aliphatic rings. The largest absolute Gasteiger partial charge is 0.436 e. The summed E-state index contributed by atoms with van der Waals surface area (Å²) in [6.07, 6.45) is 4.12. The van der Waals surface area contributed by atoms with E-state index in [4.69, 9.17) is 9.68 Å². The van der Waals surface area contributed by atoms with Gasteiger partial charge in [0.15, 0.2) is 0 Å². The third-order valence-electron chi connectivity index (χ3n) is 4.49. The first-order valence-electron chi connectivity index (χ1n) is 7.93. The smallest absolute Gasteiger partial charge is 0.319 e. The molecule has 5 nitrogen and oxygen atoms in total. The minimum atomic E-state index is 0.323. The van der Waals surface area contributed by atoms with Gasteiger partial charge in [-0.15, -0.1) is 0 Å². The van der Waals surface area contributed by atoms with Crippen LogP contribution in [0.3, 0.4) is 0 Å². The van der Waals surface area contributed by atoms with E-state index in [0.29, 0.717) is 23.1 Å². The molecule has 5 heteroatoms. The number of benzene rings is 1. The number of oxazole rings is 1. The topological polar surface area (TPSA) is 73.9 Å². The van der Waals surface area contributed by atoms with Gasteiger partial charge >= 0.3 is 5.69 Å². The standard InChI is InChI=1S/C19H16N3O2/c20-12-13-4-3-5-14(10-13)15-7-8-16-18(11-15)24-19(21-16)17-6-1-2-9-22(17)23/h1-6,9-10,15,23H,7-8,11H2/q+1. The van der Waals surface area contributed by atoms with Crippen molar-refractivity contribution in [2.24, 2.45) is 0 Å². The summed E-state index contributed by atoms with van der Waals surface area (Å²) in [6.45, 7) is 0. The second-order valence-corrected chi connectivity index (χ2v) is 6.00. The summed E-state index contributed by atoms with van der Waals surface area (Å²) >= 11 is 0. The van der Waals surface area contributed by atoms with E-state index in [0.717, 1.165) is 41.0 Å². The van der Waals surface area contributed by atoms with Crippen LogP contribution in [0.25, 0.3) is 11.6 Å². The first kappa shape index (κ1) is 14.5. The van der Waals surface area contributed by atoms with Gasteiger partial charge in [0.05, 0.1) is 17.3 Å². The summed E-state index contributed by atoms with van der Waals surface area (Å²) in [4.78, 5) is 4.54. The minimum Gasteiger partial charge on any atom is -0.436 e. The second-order valence-electron chi connectivity index (χ2n) is 6.00. The summed E-state index contributed by atoms with van der Waals surface area (Å²) in [7, 11) is 0. The summed E-state index contributed by atoms with van der Waals surface area (Å²) in [6, 6.07) is 15.3. The molecule has 1 aliphatic carbocycles. The number of nitrogens with zero attached hydrogens (tertiary/aromatic N) is 3. The van der Waals surface area contributed by atoms with Gasteiger partial charge in [-0.1, -0.05) is 12.1 Å². The van der Waals surface area contributed by atoms with Crippen LogP contribution in [0.4, 0.5) is 0 Å². The zero-order valence-electron chi connectivity index (χ0n) is 13.0. The first-order chi connectivity index (χ1) is 11.7. The Morgan fingerprint density at radius 1 is 1.25 bits per heavy atom. The van der Waals surface area contributed by atoms with Gasteiger partial charge in [-0.25, -0.2) is 4.98 Å². The number of fused-ring (bicyclic) bond motifs is 1. The SMILES string of the molecule is N#Cc1cccc(C2CCc3nc(-c4cccc[n+]4O)oc3C2)c1. The monoisotopic (exact) mass is 318 g/mol. The minimum absolute atomic E-state index is 0.323. The molecular weight excluding hydrogens is 302 g/mol. The molecule has 2 heterocycles. The van der Waals surface area contributed by atoms with Gasteiger partial charge in [0, 0.05) is 23.3 Å². The van der Waals surface area contributed by atoms with Crippen LogP contribution in [0.15, 0.2) is 53.1 Å². The van der Waals surface area contributed by atoms with Gasteiger partial charge in [-0.2, -0.15) is 5.26 Å². The molecule has 1 unspecified atom stereocenters. The number of rotatable bonds is 2. The molecule has 0 aliphatic heterocycles. The van der Waals surface area contributed by atoms with E-state index < -0.39 is 0 Å². The number of nitriles is 1. The molecule has 2 aromatic heterocycles. The highest BCUT2D eigenvalue weighted by Crippen LogP contribution is 2.34. The number of aromatic nitrogens is 2. The average molecular weight is 318 g/mol. The van der Waals surface area contributed by atoms with Crippen LogP contribution in [0.1, 0.15) is 34.9 Å². The van der Waals surface area contributed by atoms with E-state index in [-0.39, 0.29) is 0 Å². The highest BCUT2D eigenvalue weighted by molar-refractivity contribution is 5.44. The highest BCUT2D eigenvalue weighted by Gasteiger charge is 2.28. The molecule has 1 N–H and O–H groups in total. The quantitative estimate of drug-likeness (QED) is 0.582. The van der Waals surface area contributed by atoms with Gasteiger partial charge in [0.1, 0.15) is 5.76 Å². The zero-order valence-corrected chi connectivity index (χ0v) is 13.0. The number of hydrogen-bond donors (Lipinski definition) is 1. The Morgan fingerprint density at radius 2 is 2.17 bits per heavy atom. The van der Waals surface area contributed by atoms with Crippen molar-refractivity contribution < 1.29 is 14.4 Å². The molecule has 0 fully saturated rings. The Labute approximate surface area is 139 Å². The van der Waals surface area contributed by atoms with Gasteiger partial charge < -0.3 is 4.42 Å². The van der Waals surface area contributed by atoms with E-state index in [2.05, 4.69) is 17.1 Å². The molecule has 0 amide bonds. The molecule has 4 rings (SSSR count). The summed E-state index contributed by atoms with van der Waals surface area (Å²) in [5.41, 5.74) is 3.34. The van der Waals surface area contributed by atoms with E-state index in [1.54, 1.807) is 18.3 Å².